The Hall–Kier alpha value is -4.30. The number of halogens is 2. The molecule has 3 fully saturated rings. The van der Waals surface area contributed by atoms with Gasteiger partial charge in [-0.25, -0.2) is 8.78 Å². The summed E-state index contributed by atoms with van der Waals surface area (Å²) in [5.41, 5.74) is 3.46. The number of hydrogen-bond donors (Lipinski definition) is 0. The highest BCUT2D eigenvalue weighted by atomic mass is 19.1. The Labute approximate surface area is 274 Å². The highest BCUT2D eigenvalue weighted by molar-refractivity contribution is 5.97. The molecule has 0 N–H and O–H groups in total. The van der Waals surface area contributed by atoms with Crippen LogP contribution in [0.1, 0.15) is 42.5 Å². The quantitative estimate of drug-likeness (QED) is 0.303. The Kier molecular flexibility index (Phi) is 8.47. The number of nitrogens with zero attached hydrogens (tertiary/aromatic N) is 7. The first-order valence-corrected chi connectivity index (χ1v) is 16.6. The molecule has 0 radical (unpaired) electrons. The topological polar surface area (TPSA) is 88.8 Å². The van der Waals surface area contributed by atoms with Crippen LogP contribution in [0.5, 0.6) is 6.01 Å². The van der Waals surface area contributed by atoms with Crippen molar-refractivity contribution in [2.24, 2.45) is 5.41 Å². The van der Waals surface area contributed by atoms with Crippen molar-refractivity contribution in [1.29, 1.82) is 5.26 Å². The van der Waals surface area contributed by atoms with Gasteiger partial charge in [0.2, 0.25) is 5.91 Å². The second kappa shape index (κ2) is 12.7. The van der Waals surface area contributed by atoms with Crippen molar-refractivity contribution >= 4 is 28.2 Å². The van der Waals surface area contributed by atoms with Gasteiger partial charge in [-0.15, -0.1) is 0 Å². The van der Waals surface area contributed by atoms with Crippen LogP contribution in [-0.4, -0.2) is 90.3 Å². The summed E-state index contributed by atoms with van der Waals surface area (Å²) < 4.78 is 35.0. The van der Waals surface area contributed by atoms with Crippen LogP contribution in [0.3, 0.4) is 0 Å². The fraction of sp³-hybridized carbons (Fsp3) is 0.500. The summed E-state index contributed by atoms with van der Waals surface area (Å²) in [6.45, 7) is 10.7. The Morgan fingerprint density at radius 3 is 2.74 bits per heavy atom. The summed E-state index contributed by atoms with van der Waals surface area (Å²) in [6, 6.07) is 11.6. The number of fused-ring (bicyclic) bond motifs is 2. The van der Waals surface area contributed by atoms with Crippen LogP contribution < -0.4 is 14.5 Å². The normalized spacial score (nSPS) is 22.2. The number of benzene rings is 2. The molecule has 1 amide bonds. The molecule has 9 nitrogen and oxygen atoms in total. The van der Waals surface area contributed by atoms with Gasteiger partial charge in [0.15, 0.2) is 0 Å². The van der Waals surface area contributed by atoms with Gasteiger partial charge in [0.25, 0.3) is 0 Å². The summed E-state index contributed by atoms with van der Waals surface area (Å²) in [5, 5.41) is 11.5. The molecule has 3 aliphatic heterocycles. The lowest BCUT2D eigenvalue weighted by atomic mass is 9.99. The number of likely N-dealkylation sites (tertiary alicyclic amines) is 1. The highest BCUT2D eigenvalue weighted by Gasteiger charge is 2.46. The molecule has 1 saturated carbocycles. The number of aryl methyl sites for hydroxylation is 1. The largest absolute Gasteiger partial charge is 0.463 e. The number of carbonyl (C=O) groups is 1. The molecule has 2 atom stereocenters. The maximum absolute atomic E-state index is 14.7. The lowest BCUT2D eigenvalue weighted by molar-refractivity contribution is -0.128. The third-order valence-corrected chi connectivity index (χ3v) is 10.4. The summed E-state index contributed by atoms with van der Waals surface area (Å²) in [6.07, 6.45) is 4.07. The van der Waals surface area contributed by atoms with E-state index in [4.69, 9.17) is 14.7 Å². The van der Waals surface area contributed by atoms with Gasteiger partial charge in [0.1, 0.15) is 17.8 Å². The minimum Gasteiger partial charge on any atom is -0.463 e. The third-order valence-electron chi connectivity index (χ3n) is 10.4. The van der Waals surface area contributed by atoms with Crippen LogP contribution in [0.4, 0.5) is 20.3 Å². The second-order valence-corrected chi connectivity index (χ2v) is 13.6. The fourth-order valence-corrected chi connectivity index (χ4v) is 7.58. The van der Waals surface area contributed by atoms with Crippen molar-refractivity contribution in [1.82, 2.24) is 19.8 Å². The van der Waals surface area contributed by atoms with Crippen molar-refractivity contribution in [2.45, 2.75) is 57.8 Å². The molecule has 0 spiro atoms. The average Bonchev–Trinajstić information content (AvgIpc) is 3.73. The predicted molar refractivity (Wildman–Crippen MR) is 177 cm³/mol. The number of nitriles is 1. The Morgan fingerprint density at radius 1 is 1.15 bits per heavy atom. The standard InChI is InChI=1S/C36H41F2N7O2/c1-3-32(46)45-18-17-44(20-27(45)9-14-39)34-28-11-16-43(31-6-4-5-25-7-8-29(38)24(2)33(25)31)21-30(28)40-35(41-34)47-23-36(12-13-36)22-42-15-10-26(37)19-42/h3-8,26-27H,1,9-13,15-23H2,2H3/t26-,27+/m1/s1. The molecule has 1 aromatic heterocycles. The summed E-state index contributed by atoms with van der Waals surface area (Å²) in [5.74, 6) is 0.375. The molecule has 0 unspecified atom stereocenters. The summed E-state index contributed by atoms with van der Waals surface area (Å²) >= 11 is 0. The minimum absolute atomic E-state index is 0.0192. The van der Waals surface area contributed by atoms with Crippen LogP contribution in [0.25, 0.3) is 10.8 Å². The summed E-state index contributed by atoms with van der Waals surface area (Å²) in [4.78, 5) is 30.9. The van der Waals surface area contributed by atoms with Crippen molar-refractivity contribution in [3.05, 3.63) is 65.6 Å². The van der Waals surface area contributed by atoms with Gasteiger partial charge in [0, 0.05) is 67.9 Å². The van der Waals surface area contributed by atoms with Crippen LogP contribution in [0.2, 0.25) is 0 Å². The molecule has 4 heterocycles. The number of piperazine rings is 1. The van der Waals surface area contributed by atoms with E-state index >= 15 is 0 Å². The number of amides is 1. The first-order valence-electron chi connectivity index (χ1n) is 16.6. The zero-order valence-corrected chi connectivity index (χ0v) is 26.9. The molecular formula is C36H41F2N7O2. The molecule has 4 aliphatic rings. The number of hydrogen-bond acceptors (Lipinski definition) is 8. The van der Waals surface area contributed by atoms with E-state index in [2.05, 4.69) is 27.3 Å². The van der Waals surface area contributed by atoms with Gasteiger partial charge in [-0.3, -0.25) is 9.69 Å². The van der Waals surface area contributed by atoms with E-state index in [-0.39, 0.29) is 29.6 Å². The maximum Gasteiger partial charge on any atom is 0.318 e. The van der Waals surface area contributed by atoms with Crippen molar-refractivity contribution < 1.29 is 18.3 Å². The number of ether oxygens (including phenoxy) is 1. The zero-order valence-electron chi connectivity index (χ0n) is 26.9. The number of carbonyl (C=O) groups excluding carboxylic acids is 1. The van der Waals surface area contributed by atoms with Crippen LogP contribution in [0, 0.1) is 29.5 Å². The Morgan fingerprint density at radius 2 is 2.00 bits per heavy atom. The van der Waals surface area contributed by atoms with E-state index < -0.39 is 6.17 Å². The van der Waals surface area contributed by atoms with E-state index in [9.17, 15) is 18.8 Å². The number of aromatic nitrogens is 2. The number of rotatable bonds is 9. The fourth-order valence-electron chi connectivity index (χ4n) is 7.58. The second-order valence-electron chi connectivity index (χ2n) is 13.6. The SMILES string of the molecule is C=CC(=O)N1CCN(c2nc(OCC3(CN4CC[C@@H](F)C4)CC3)nc3c2CCN(c2cccc4ccc(F)c(C)c24)C3)C[C@@H]1CC#N. The van der Waals surface area contributed by atoms with Crippen LogP contribution in [-0.2, 0) is 17.8 Å². The lowest BCUT2D eigenvalue weighted by Crippen LogP contribution is -2.55. The van der Waals surface area contributed by atoms with Crippen LogP contribution in [0.15, 0.2) is 43.0 Å². The van der Waals surface area contributed by atoms with Gasteiger partial charge < -0.3 is 19.4 Å². The average molecular weight is 642 g/mol. The van der Waals surface area contributed by atoms with E-state index in [1.54, 1.807) is 4.90 Å². The number of alkyl halides is 1. The van der Waals surface area contributed by atoms with E-state index in [1.807, 2.05) is 31.2 Å². The molecule has 7 rings (SSSR count). The zero-order chi connectivity index (χ0) is 32.7. The molecule has 11 heteroatoms. The van der Waals surface area contributed by atoms with Gasteiger partial charge in [-0.05, 0) is 61.8 Å². The van der Waals surface area contributed by atoms with Crippen LogP contribution >= 0.6 is 0 Å². The van der Waals surface area contributed by atoms with Gasteiger partial charge in [0.05, 0.1) is 37.4 Å². The van der Waals surface area contributed by atoms with E-state index in [1.165, 1.54) is 12.1 Å². The Bertz CT molecular complexity index is 1740. The monoisotopic (exact) mass is 641 g/mol. The first-order chi connectivity index (χ1) is 22.8. The maximum atomic E-state index is 14.7. The minimum atomic E-state index is -0.754. The van der Waals surface area contributed by atoms with Crippen molar-refractivity contribution in [2.75, 3.05) is 62.2 Å². The van der Waals surface area contributed by atoms with Gasteiger partial charge in [-0.1, -0.05) is 24.8 Å². The molecule has 2 saturated heterocycles. The molecule has 246 valence electrons. The van der Waals surface area contributed by atoms with E-state index in [0.717, 1.165) is 59.5 Å². The molecule has 3 aromatic rings. The smallest absolute Gasteiger partial charge is 0.318 e. The lowest BCUT2D eigenvalue weighted by Gasteiger charge is -2.42. The molecular weight excluding hydrogens is 600 g/mol. The number of anilines is 2. The third kappa shape index (κ3) is 6.23. The van der Waals surface area contributed by atoms with Crippen molar-refractivity contribution in [3.8, 4) is 12.1 Å². The molecule has 2 aromatic carbocycles. The highest BCUT2D eigenvalue weighted by Crippen LogP contribution is 2.47. The summed E-state index contributed by atoms with van der Waals surface area (Å²) in [7, 11) is 0. The molecule has 47 heavy (non-hydrogen) atoms. The molecule has 0 bridgehead atoms. The van der Waals surface area contributed by atoms with Gasteiger partial charge >= 0.3 is 6.01 Å². The van der Waals surface area contributed by atoms with Crippen molar-refractivity contribution in [3.63, 3.8) is 0 Å². The predicted octanol–water partition coefficient (Wildman–Crippen LogP) is 4.96. The molecule has 1 aliphatic carbocycles. The Balaban J connectivity index is 1.20. The van der Waals surface area contributed by atoms with Gasteiger partial charge in [-0.2, -0.15) is 15.2 Å². The first kappa shape index (κ1) is 31.3. The van der Waals surface area contributed by atoms with E-state index in [0.29, 0.717) is 70.3 Å².